The Morgan fingerprint density at radius 1 is 1.15 bits per heavy atom. The van der Waals surface area contributed by atoms with E-state index in [4.69, 9.17) is 25.9 Å². The number of rotatable bonds is 12. The summed E-state index contributed by atoms with van der Waals surface area (Å²) in [5, 5.41) is 4.21. The van der Waals surface area contributed by atoms with Crippen LogP contribution in [0.1, 0.15) is 32.8 Å². The molecule has 0 unspecified atom stereocenters. The van der Waals surface area contributed by atoms with Crippen LogP contribution >= 0.6 is 11.6 Å². The quantitative estimate of drug-likeness (QED) is 0.156. The molecule has 208 valence electrons. The van der Waals surface area contributed by atoms with Gasteiger partial charge in [0.25, 0.3) is 0 Å². The van der Waals surface area contributed by atoms with Crippen molar-refractivity contribution < 1.29 is 23.5 Å². The first kappa shape index (κ1) is 29.4. The number of benzene rings is 2. The third kappa shape index (κ3) is 8.67. The Kier molecular flexibility index (Phi) is 10.6. The van der Waals surface area contributed by atoms with Gasteiger partial charge in [0, 0.05) is 11.1 Å². The molecule has 0 aliphatic rings. The fourth-order valence-corrected chi connectivity index (χ4v) is 3.46. The van der Waals surface area contributed by atoms with Crippen LogP contribution in [-0.4, -0.2) is 45.6 Å². The average Bonchev–Trinajstić information content (AvgIpc) is 2.88. The van der Waals surface area contributed by atoms with Gasteiger partial charge in [0.15, 0.2) is 11.6 Å². The van der Waals surface area contributed by atoms with Crippen LogP contribution in [0, 0.1) is 5.82 Å². The van der Waals surface area contributed by atoms with Crippen LogP contribution in [0.3, 0.4) is 0 Å². The highest BCUT2D eigenvalue weighted by atomic mass is 35.5. The van der Waals surface area contributed by atoms with Gasteiger partial charge in [-0.2, -0.15) is 0 Å². The van der Waals surface area contributed by atoms with E-state index in [9.17, 15) is 18.8 Å². The van der Waals surface area contributed by atoms with Gasteiger partial charge in [0.1, 0.15) is 6.61 Å². The molecule has 0 fully saturated rings. The fraction of sp³-hybridized carbons (Fsp3) is 0.346. The maximum Gasteiger partial charge on any atom is 0.335 e. The average molecular weight is 562 g/mol. The van der Waals surface area contributed by atoms with Crippen LogP contribution in [-0.2, 0) is 27.5 Å². The van der Waals surface area contributed by atoms with Crippen molar-refractivity contribution in [3.63, 3.8) is 0 Å². The van der Waals surface area contributed by atoms with E-state index in [0.29, 0.717) is 10.6 Å². The van der Waals surface area contributed by atoms with Crippen LogP contribution in [0.15, 0.2) is 62.2 Å². The van der Waals surface area contributed by atoms with E-state index < -0.39 is 23.2 Å². The van der Waals surface area contributed by atoms with Crippen molar-refractivity contribution in [2.45, 2.75) is 46.4 Å². The topological polar surface area (TPSA) is 129 Å². The van der Waals surface area contributed by atoms with Crippen molar-refractivity contribution in [3.8, 4) is 5.75 Å². The molecule has 39 heavy (non-hydrogen) atoms. The van der Waals surface area contributed by atoms with E-state index in [2.05, 4.69) is 15.1 Å². The Hall–Kier alpha value is -4.19. The number of H-pyrrole nitrogens is 1. The van der Waals surface area contributed by atoms with Crippen molar-refractivity contribution in [2.75, 3.05) is 13.2 Å². The van der Waals surface area contributed by atoms with Crippen molar-refractivity contribution in [2.24, 2.45) is 10.1 Å². The molecule has 11 nitrogen and oxygen atoms in total. The van der Waals surface area contributed by atoms with Crippen molar-refractivity contribution >= 4 is 29.5 Å². The van der Waals surface area contributed by atoms with Gasteiger partial charge in [-0.3, -0.25) is 14.3 Å². The molecule has 0 aliphatic carbocycles. The molecule has 0 amide bonds. The molecule has 1 N–H and O–H groups in total. The number of oxime groups is 1. The molecule has 0 saturated heterocycles. The summed E-state index contributed by atoms with van der Waals surface area (Å²) >= 11 is 5.98. The highest BCUT2D eigenvalue weighted by Crippen LogP contribution is 2.23. The summed E-state index contributed by atoms with van der Waals surface area (Å²) in [5.41, 5.74) is -0.664. The van der Waals surface area contributed by atoms with Gasteiger partial charge in [0.05, 0.1) is 44.1 Å². The first-order chi connectivity index (χ1) is 18.7. The third-order valence-corrected chi connectivity index (χ3v) is 5.32. The minimum absolute atomic E-state index is 0.00811. The largest absolute Gasteiger partial charge is 0.488 e. The second-order valence-electron chi connectivity index (χ2n) is 8.43. The number of aromatic nitrogens is 3. The van der Waals surface area contributed by atoms with E-state index in [1.165, 1.54) is 22.9 Å². The summed E-state index contributed by atoms with van der Waals surface area (Å²) in [4.78, 5) is 49.4. The standard InChI is InChI=1S/C26H29ClFN5O6/c1-4-37-23(34)11-14-38-29-12-13-32-25(35)31-24(30-20-9-10-22(21(28)15-20)39-17(2)3)33(26(32)36)16-18-5-7-19(27)8-6-18/h5-10,12,15,17H,4,11,13-14,16H2,1-3H3,(H,30,31,35). The van der Waals surface area contributed by atoms with Gasteiger partial charge in [-0.25, -0.2) is 23.5 Å². The summed E-state index contributed by atoms with van der Waals surface area (Å²) in [6.07, 6.45) is 1.00. The molecule has 3 aromatic rings. The smallest absolute Gasteiger partial charge is 0.335 e. The number of hydrogen-bond acceptors (Lipinski definition) is 8. The molecule has 3 rings (SSSR count). The van der Waals surface area contributed by atoms with E-state index in [-0.39, 0.29) is 55.9 Å². The van der Waals surface area contributed by atoms with Crippen LogP contribution in [0.25, 0.3) is 0 Å². The second kappa shape index (κ2) is 14.1. The Labute approximate surface area is 228 Å². The lowest BCUT2D eigenvalue weighted by Crippen LogP contribution is -2.50. The molecule has 0 bridgehead atoms. The summed E-state index contributed by atoms with van der Waals surface area (Å²) in [5.74, 6) is -1.00. The van der Waals surface area contributed by atoms with Crippen molar-refractivity contribution in [1.29, 1.82) is 0 Å². The van der Waals surface area contributed by atoms with Gasteiger partial charge >= 0.3 is 17.3 Å². The number of aromatic amines is 1. The van der Waals surface area contributed by atoms with E-state index in [1.54, 1.807) is 45.0 Å². The van der Waals surface area contributed by atoms with Gasteiger partial charge in [0.2, 0.25) is 5.62 Å². The van der Waals surface area contributed by atoms with E-state index >= 15 is 0 Å². The number of carbonyl (C=O) groups is 1. The van der Waals surface area contributed by atoms with Gasteiger partial charge < -0.3 is 14.3 Å². The van der Waals surface area contributed by atoms with Crippen LogP contribution in [0.5, 0.6) is 5.75 Å². The maximum absolute atomic E-state index is 14.5. The third-order valence-electron chi connectivity index (χ3n) is 5.06. The number of nitrogens with one attached hydrogen (secondary N) is 1. The van der Waals surface area contributed by atoms with Gasteiger partial charge in [-0.05, 0) is 50.6 Å². The Balaban J connectivity index is 1.94. The molecule has 0 spiro atoms. The van der Waals surface area contributed by atoms with Crippen LogP contribution < -0.4 is 21.7 Å². The molecule has 0 aliphatic heterocycles. The SMILES string of the molecule is CCOC(=O)CCON=CCn1c(=O)[nH]c(=Nc2ccc(OC(C)C)c(F)c2)n(Cc2ccc(Cl)cc2)c1=O. The minimum Gasteiger partial charge on any atom is -0.488 e. The molecule has 0 atom stereocenters. The first-order valence-corrected chi connectivity index (χ1v) is 12.5. The number of ether oxygens (including phenoxy) is 2. The monoisotopic (exact) mass is 561 g/mol. The Morgan fingerprint density at radius 3 is 2.56 bits per heavy atom. The van der Waals surface area contributed by atoms with Gasteiger partial charge in [-0.1, -0.05) is 28.9 Å². The predicted molar refractivity (Wildman–Crippen MR) is 143 cm³/mol. The van der Waals surface area contributed by atoms with Crippen LogP contribution in [0.2, 0.25) is 5.02 Å². The summed E-state index contributed by atoms with van der Waals surface area (Å²) in [6.45, 7) is 5.31. The number of nitrogens with zero attached hydrogens (tertiary/aromatic N) is 4. The molecule has 2 aromatic carbocycles. The highest BCUT2D eigenvalue weighted by Gasteiger charge is 2.11. The Bertz CT molecular complexity index is 1490. The van der Waals surface area contributed by atoms with Crippen molar-refractivity contribution in [1.82, 2.24) is 14.1 Å². The lowest BCUT2D eigenvalue weighted by molar-refractivity contribution is -0.144. The zero-order chi connectivity index (χ0) is 28.4. The zero-order valence-corrected chi connectivity index (χ0v) is 22.5. The minimum atomic E-state index is -0.760. The molecule has 0 radical (unpaired) electrons. The number of hydrogen-bond donors (Lipinski definition) is 1. The number of esters is 1. The summed E-state index contributed by atoms with van der Waals surface area (Å²) in [6, 6.07) is 10.9. The molecular weight excluding hydrogens is 533 g/mol. The van der Waals surface area contributed by atoms with Crippen LogP contribution in [0.4, 0.5) is 10.1 Å². The molecular formula is C26H29ClFN5O6. The number of halogens is 2. The maximum atomic E-state index is 14.5. The summed E-state index contributed by atoms with van der Waals surface area (Å²) < 4.78 is 26.9. The summed E-state index contributed by atoms with van der Waals surface area (Å²) in [7, 11) is 0. The predicted octanol–water partition coefficient (Wildman–Crippen LogP) is 3.15. The normalized spacial score (nSPS) is 11.8. The van der Waals surface area contributed by atoms with E-state index in [1.807, 2.05) is 0 Å². The fourth-order valence-electron chi connectivity index (χ4n) is 3.33. The Morgan fingerprint density at radius 2 is 1.90 bits per heavy atom. The molecule has 0 saturated carbocycles. The zero-order valence-electron chi connectivity index (χ0n) is 21.7. The molecule has 13 heteroatoms. The lowest BCUT2D eigenvalue weighted by atomic mass is 10.2. The number of carbonyl (C=O) groups excluding carboxylic acids is 1. The van der Waals surface area contributed by atoms with Gasteiger partial charge in [-0.15, -0.1) is 0 Å². The first-order valence-electron chi connectivity index (χ1n) is 12.2. The van der Waals surface area contributed by atoms with E-state index in [0.717, 1.165) is 10.6 Å². The molecule has 1 aromatic heterocycles. The highest BCUT2D eigenvalue weighted by molar-refractivity contribution is 6.30. The molecule has 1 heterocycles. The lowest BCUT2D eigenvalue weighted by Gasteiger charge is -2.11. The second-order valence-corrected chi connectivity index (χ2v) is 8.87. The van der Waals surface area contributed by atoms with Crippen molar-refractivity contribution in [3.05, 3.63) is 85.5 Å².